The zero-order valence-electron chi connectivity index (χ0n) is 11.5. The van der Waals surface area contributed by atoms with Gasteiger partial charge in [0.2, 0.25) is 5.91 Å². The van der Waals surface area contributed by atoms with Crippen LogP contribution in [0.25, 0.3) is 0 Å². The fourth-order valence-corrected chi connectivity index (χ4v) is 4.21. The molecular weight excluding hydrogens is 316 g/mol. The summed E-state index contributed by atoms with van der Waals surface area (Å²) < 4.78 is 0.984. The summed E-state index contributed by atoms with van der Waals surface area (Å²) in [7, 11) is 0. The van der Waals surface area contributed by atoms with Gasteiger partial charge < -0.3 is 11.1 Å². The third kappa shape index (κ3) is 2.91. The monoisotopic (exact) mass is 336 g/mol. The maximum absolute atomic E-state index is 12.4. The van der Waals surface area contributed by atoms with Crippen molar-refractivity contribution < 1.29 is 4.79 Å². The van der Waals surface area contributed by atoms with Gasteiger partial charge in [-0.2, -0.15) is 0 Å². The van der Waals surface area contributed by atoms with Crippen molar-refractivity contribution in [3.8, 4) is 0 Å². The van der Waals surface area contributed by atoms with Crippen LogP contribution in [0.3, 0.4) is 0 Å². The number of hydrogen-bond donors (Lipinski definition) is 2. The third-order valence-corrected chi connectivity index (χ3v) is 5.37. The molecule has 2 atom stereocenters. The number of nitrogens with one attached hydrogen (secondary N) is 1. The summed E-state index contributed by atoms with van der Waals surface area (Å²) in [6.45, 7) is 0. The van der Waals surface area contributed by atoms with E-state index < -0.39 is 0 Å². The molecule has 2 aliphatic rings. The minimum absolute atomic E-state index is 0.129. The second kappa shape index (κ2) is 5.86. The zero-order valence-corrected chi connectivity index (χ0v) is 13.1. The highest BCUT2D eigenvalue weighted by molar-refractivity contribution is 9.10. The van der Waals surface area contributed by atoms with Gasteiger partial charge in [0, 0.05) is 22.1 Å². The Morgan fingerprint density at radius 2 is 1.95 bits per heavy atom. The number of nitrogens with two attached hydrogens (primary N) is 1. The van der Waals surface area contributed by atoms with Gasteiger partial charge in [-0.1, -0.05) is 28.4 Å². The van der Waals surface area contributed by atoms with E-state index in [0.29, 0.717) is 17.9 Å². The van der Waals surface area contributed by atoms with Crippen molar-refractivity contribution in [2.24, 2.45) is 23.5 Å². The minimum Gasteiger partial charge on any atom is -0.327 e. The largest absolute Gasteiger partial charge is 0.327 e. The predicted molar refractivity (Wildman–Crippen MR) is 84.3 cm³/mol. The molecule has 2 saturated carbocycles. The van der Waals surface area contributed by atoms with E-state index >= 15 is 0 Å². The first-order valence-corrected chi connectivity index (χ1v) is 8.25. The van der Waals surface area contributed by atoms with E-state index in [4.69, 9.17) is 5.73 Å². The second-order valence-corrected chi connectivity index (χ2v) is 7.11. The molecule has 1 amide bonds. The van der Waals surface area contributed by atoms with Crippen LogP contribution in [-0.4, -0.2) is 11.9 Å². The van der Waals surface area contributed by atoms with Gasteiger partial charge in [0.05, 0.1) is 0 Å². The van der Waals surface area contributed by atoms with Gasteiger partial charge in [0.25, 0.3) is 0 Å². The molecule has 0 radical (unpaired) electrons. The van der Waals surface area contributed by atoms with Crippen molar-refractivity contribution in [2.45, 2.75) is 38.1 Å². The van der Waals surface area contributed by atoms with Crippen LogP contribution >= 0.6 is 15.9 Å². The molecule has 3 rings (SSSR count). The molecule has 4 heteroatoms. The van der Waals surface area contributed by atoms with Crippen molar-refractivity contribution >= 4 is 27.5 Å². The van der Waals surface area contributed by atoms with Gasteiger partial charge in [0.1, 0.15) is 0 Å². The summed E-state index contributed by atoms with van der Waals surface area (Å²) >= 11 is 3.43. The Balaban J connectivity index is 1.66. The molecule has 2 unspecified atom stereocenters. The van der Waals surface area contributed by atoms with E-state index in [9.17, 15) is 4.79 Å². The highest BCUT2D eigenvalue weighted by atomic mass is 79.9. The first kappa shape index (κ1) is 14.1. The molecule has 20 heavy (non-hydrogen) atoms. The molecule has 2 aliphatic carbocycles. The Bertz CT molecular complexity index is 491. The van der Waals surface area contributed by atoms with Crippen molar-refractivity contribution in [3.05, 3.63) is 28.7 Å². The van der Waals surface area contributed by atoms with Gasteiger partial charge in [-0.25, -0.2) is 0 Å². The number of carbonyl (C=O) groups is 1. The summed E-state index contributed by atoms with van der Waals surface area (Å²) in [5, 5.41) is 3.05. The summed E-state index contributed by atoms with van der Waals surface area (Å²) in [6.07, 6.45) is 5.58. The predicted octanol–water partition coefficient (Wildman–Crippen LogP) is 3.54. The van der Waals surface area contributed by atoms with Gasteiger partial charge in [-0.3, -0.25) is 4.79 Å². The number of carbonyl (C=O) groups excluding carboxylic acids is 1. The quantitative estimate of drug-likeness (QED) is 0.867. The molecule has 1 aromatic carbocycles. The van der Waals surface area contributed by atoms with E-state index in [1.165, 1.54) is 19.3 Å². The standard InChI is InChI=1S/C16H21BrN2O/c17-13-5-2-6-14(9-13)19-16(20)12-7-10-3-1-4-11(8-12)15(10)18/h2,5-6,9-12,15H,1,3-4,7-8,18H2,(H,19,20). The Kier molecular flexibility index (Phi) is 4.13. The molecule has 1 aromatic rings. The normalized spacial score (nSPS) is 32.7. The van der Waals surface area contributed by atoms with E-state index in [2.05, 4.69) is 21.2 Å². The molecule has 0 heterocycles. The van der Waals surface area contributed by atoms with Crippen LogP contribution in [0, 0.1) is 17.8 Å². The maximum atomic E-state index is 12.4. The van der Waals surface area contributed by atoms with Gasteiger partial charge >= 0.3 is 0 Å². The Morgan fingerprint density at radius 1 is 1.25 bits per heavy atom. The average molecular weight is 337 g/mol. The lowest BCUT2D eigenvalue weighted by Gasteiger charge is -2.43. The van der Waals surface area contributed by atoms with Crippen LogP contribution in [0.5, 0.6) is 0 Å². The topological polar surface area (TPSA) is 55.1 Å². The highest BCUT2D eigenvalue weighted by Gasteiger charge is 2.40. The molecule has 108 valence electrons. The molecule has 2 bridgehead atoms. The van der Waals surface area contributed by atoms with Crippen LogP contribution in [0.15, 0.2) is 28.7 Å². The third-order valence-electron chi connectivity index (χ3n) is 4.88. The average Bonchev–Trinajstić information content (AvgIpc) is 2.38. The van der Waals surface area contributed by atoms with Crippen molar-refractivity contribution in [1.82, 2.24) is 0 Å². The first-order chi connectivity index (χ1) is 9.63. The fourth-order valence-electron chi connectivity index (χ4n) is 3.81. The van der Waals surface area contributed by atoms with E-state index in [1.54, 1.807) is 0 Å². The number of amides is 1. The Hall–Kier alpha value is -0.870. The molecule has 0 aliphatic heterocycles. The molecule has 3 N–H and O–H groups in total. The first-order valence-electron chi connectivity index (χ1n) is 7.45. The van der Waals surface area contributed by atoms with Crippen LogP contribution in [0.1, 0.15) is 32.1 Å². The van der Waals surface area contributed by atoms with Gasteiger partial charge in [-0.05, 0) is 55.7 Å². The molecule has 0 spiro atoms. The van der Waals surface area contributed by atoms with Gasteiger partial charge in [0.15, 0.2) is 0 Å². The summed E-state index contributed by atoms with van der Waals surface area (Å²) in [5.74, 6) is 1.37. The van der Waals surface area contributed by atoms with Gasteiger partial charge in [-0.15, -0.1) is 0 Å². The van der Waals surface area contributed by atoms with Crippen molar-refractivity contribution in [2.75, 3.05) is 5.32 Å². The van der Waals surface area contributed by atoms with Crippen LogP contribution in [-0.2, 0) is 4.79 Å². The number of halogens is 1. The number of fused-ring (bicyclic) bond motifs is 2. The van der Waals surface area contributed by atoms with Crippen LogP contribution < -0.4 is 11.1 Å². The molecule has 3 nitrogen and oxygen atoms in total. The second-order valence-electron chi connectivity index (χ2n) is 6.20. The van der Waals surface area contributed by atoms with E-state index in [0.717, 1.165) is 23.0 Å². The lowest BCUT2D eigenvalue weighted by Crippen LogP contribution is -2.48. The van der Waals surface area contributed by atoms with Crippen molar-refractivity contribution in [3.63, 3.8) is 0 Å². The molecule has 0 aromatic heterocycles. The van der Waals surface area contributed by atoms with E-state index in [1.807, 2.05) is 24.3 Å². The van der Waals surface area contributed by atoms with E-state index in [-0.39, 0.29) is 11.8 Å². The number of benzene rings is 1. The maximum Gasteiger partial charge on any atom is 0.227 e. The smallest absolute Gasteiger partial charge is 0.227 e. The zero-order chi connectivity index (χ0) is 14.1. The minimum atomic E-state index is 0.129. The molecule has 0 saturated heterocycles. The highest BCUT2D eigenvalue weighted by Crippen LogP contribution is 2.42. The van der Waals surface area contributed by atoms with Crippen molar-refractivity contribution in [1.29, 1.82) is 0 Å². The van der Waals surface area contributed by atoms with Crippen LogP contribution in [0.4, 0.5) is 5.69 Å². The fraction of sp³-hybridized carbons (Fsp3) is 0.562. The SMILES string of the molecule is NC1C2CCCC1CC(C(=O)Nc1cccc(Br)c1)C2. The van der Waals surface area contributed by atoms with Crippen LogP contribution in [0.2, 0.25) is 0 Å². The number of hydrogen-bond acceptors (Lipinski definition) is 2. The lowest BCUT2D eigenvalue weighted by molar-refractivity contribution is -0.122. The Morgan fingerprint density at radius 3 is 2.60 bits per heavy atom. The lowest BCUT2D eigenvalue weighted by atomic mass is 9.65. The molecule has 2 fully saturated rings. The number of rotatable bonds is 2. The summed E-state index contributed by atoms with van der Waals surface area (Å²) in [5.41, 5.74) is 7.15. The summed E-state index contributed by atoms with van der Waals surface area (Å²) in [4.78, 5) is 12.4. The summed E-state index contributed by atoms with van der Waals surface area (Å²) in [6, 6.07) is 8.08. The Labute approximate surface area is 128 Å². The number of anilines is 1. The molecular formula is C16H21BrN2O.